The van der Waals surface area contributed by atoms with E-state index in [4.69, 9.17) is 10.5 Å². The second-order valence-electron chi connectivity index (χ2n) is 5.61. The van der Waals surface area contributed by atoms with Gasteiger partial charge in [-0.25, -0.2) is 0 Å². The molecule has 2 rings (SSSR count). The number of nitrogens with two attached hydrogens (primary N) is 1. The summed E-state index contributed by atoms with van der Waals surface area (Å²) in [6, 6.07) is 7.97. The molecule has 0 amide bonds. The van der Waals surface area contributed by atoms with Crippen molar-refractivity contribution in [3.05, 3.63) is 29.8 Å². The molecule has 1 atom stereocenters. The van der Waals surface area contributed by atoms with Crippen LogP contribution in [0.2, 0.25) is 0 Å². The van der Waals surface area contributed by atoms with Gasteiger partial charge >= 0.3 is 0 Å². The van der Waals surface area contributed by atoms with Crippen molar-refractivity contribution in [2.24, 2.45) is 5.73 Å². The molecule has 1 unspecified atom stereocenters. The first-order valence-electron chi connectivity index (χ1n) is 6.91. The van der Waals surface area contributed by atoms with Crippen molar-refractivity contribution in [1.82, 2.24) is 10.2 Å². The van der Waals surface area contributed by atoms with E-state index in [1.54, 1.807) is 7.11 Å². The van der Waals surface area contributed by atoms with Crippen LogP contribution in [0.5, 0.6) is 5.75 Å². The number of rotatable bonds is 4. The van der Waals surface area contributed by atoms with Crippen LogP contribution >= 0.6 is 0 Å². The van der Waals surface area contributed by atoms with Gasteiger partial charge in [-0.05, 0) is 19.9 Å². The Hall–Kier alpha value is -1.10. The Morgan fingerprint density at radius 1 is 1.26 bits per heavy atom. The number of hydrogen-bond acceptors (Lipinski definition) is 4. The Bertz CT molecular complexity index is 414. The number of para-hydroxylation sites is 1. The van der Waals surface area contributed by atoms with Crippen molar-refractivity contribution in [2.45, 2.75) is 25.4 Å². The van der Waals surface area contributed by atoms with E-state index in [-0.39, 0.29) is 11.6 Å². The summed E-state index contributed by atoms with van der Waals surface area (Å²) < 4.78 is 5.44. The zero-order chi connectivity index (χ0) is 13.9. The highest BCUT2D eigenvalue weighted by molar-refractivity contribution is 5.37. The summed E-state index contributed by atoms with van der Waals surface area (Å²) in [6.07, 6.45) is 0. The van der Waals surface area contributed by atoms with Crippen LogP contribution in [0.1, 0.15) is 25.5 Å². The first-order chi connectivity index (χ1) is 9.07. The molecule has 0 saturated carbocycles. The van der Waals surface area contributed by atoms with E-state index in [9.17, 15) is 0 Å². The van der Waals surface area contributed by atoms with Crippen LogP contribution in [0.15, 0.2) is 24.3 Å². The van der Waals surface area contributed by atoms with Crippen LogP contribution in [0.4, 0.5) is 0 Å². The number of methoxy groups -OCH3 is 1. The molecular weight excluding hydrogens is 238 g/mol. The highest BCUT2D eigenvalue weighted by Gasteiger charge is 2.35. The summed E-state index contributed by atoms with van der Waals surface area (Å²) in [7, 11) is 1.70. The summed E-state index contributed by atoms with van der Waals surface area (Å²) in [5.41, 5.74) is 7.53. The van der Waals surface area contributed by atoms with Gasteiger partial charge in [0.15, 0.2) is 0 Å². The Balaban J connectivity index is 2.23. The Kier molecular flexibility index (Phi) is 4.45. The molecule has 3 N–H and O–H groups in total. The third-order valence-corrected chi connectivity index (χ3v) is 4.17. The van der Waals surface area contributed by atoms with E-state index in [2.05, 4.69) is 30.1 Å². The highest BCUT2D eigenvalue weighted by atomic mass is 16.5. The Morgan fingerprint density at radius 2 is 1.89 bits per heavy atom. The van der Waals surface area contributed by atoms with Crippen molar-refractivity contribution >= 4 is 0 Å². The van der Waals surface area contributed by atoms with Crippen molar-refractivity contribution < 1.29 is 4.74 Å². The van der Waals surface area contributed by atoms with Gasteiger partial charge in [-0.1, -0.05) is 18.2 Å². The van der Waals surface area contributed by atoms with Gasteiger partial charge in [0, 0.05) is 37.3 Å². The van der Waals surface area contributed by atoms with E-state index in [0.717, 1.165) is 37.5 Å². The topological polar surface area (TPSA) is 50.5 Å². The molecule has 106 valence electrons. The maximum Gasteiger partial charge on any atom is 0.123 e. The van der Waals surface area contributed by atoms with Crippen LogP contribution in [0.3, 0.4) is 0 Å². The van der Waals surface area contributed by atoms with E-state index in [1.807, 2.05) is 18.2 Å². The zero-order valence-corrected chi connectivity index (χ0v) is 12.1. The van der Waals surface area contributed by atoms with Gasteiger partial charge in [0.1, 0.15) is 5.75 Å². The quantitative estimate of drug-likeness (QED) is 0.861. The molecule has 1 heterocycles. The molecule has 0 radical (unpaired) electrons. The summed E-state index contributed by atoms with van der Waals surface area (Å²) in [5.74, 6) is 0.873. The maximum absolute atomic E-state index is 6.54. The van der Waals surface area contributed by atoms with E-state index < -0.39 is 0 Å². The van der Waals surface area contributed by atoms with Crippen molar-refractivity contribution in [2.75, 3.05) is 33.3 Å². The predicted molar refractivity (Wildman–Crippen MR) is 78.4 cm³/mol. The minimum absolute atomic E-state index is 0.0678. The van der Waals surface area contributed by atoms with Crippen LogP contribution in [-0.2, 0) is 0 Å². The number of nitrogens with zero attached hydrogens (tertiary/aromatic N) is 1. The fourth-order valence-electron chi connectivity index (χ4n) is 2.74. The molecule has 1 saturated heterocycles. The van der Waals surface area contributed by atoms with Gasteiger partial charge in [0.25, 0.3) is 0 Å². The van der Waals surface area contributed by atoms with Crippen LogP contribution in [0.25, 0.3) is 0 Å². The van der Waals surface area contributed by atoms with Gasteiger partial charge in [-0.15, -0.1) is 0 Å². The molecule has 1 aliphatic rings. The first-order valence-corrected chi connectivity index (χ1v) is 6.91. The van der Waals surface area contributed by atoms with E-state index >= 15 is 0 Å². The first kappa shape index (κ1) is 14.3. The normalized spacial score (nSPS) is 19.2. The van der Waals surface area contributed by atoms with E-state index in [1.165, 1.54) is 0 Å². The largest absolute Gasteiger partial charge is 0.496 e. The molecule has 4 heteroatoms. The van der Waals surface area contributed by atoms with Crippen LogP contribution in [0, 0.1) is 0 Å². The number of hydrogen-bond donors (Lipinski definition) is 2. The van der Waals surface area contributed by atoms with Crippen LogP contribution in [-0.4, -0.2) is 43.7 Å². The van der Waals surface area contributed by atoms with Gasteiger partial charge in [0.2, 0.25) is 0 Å². The lowest BCUT2D eigenvalue weighted by Crippen LogP contribution is -2.57. The molecule has 0 spiro atoms. The number of nitrogens with one attached hydrogen (secondary N) is 1. The zero-order valence-electron chi connectivity index (χ0n) is 12.1. The Labute approximate surface area is 115 Å². The summed E-state index contributed by atoms with van der Waals surface area (Å²) in [6.45, 7) is 8.57. The number of benzene rings is 1. The predicted octanol–water partition coefficient (Wildman–Crippen LogP) is 1.38. The molecule has 1 aromatic rings. The summed E-state index contributed by atoms with van der Waals surface area (Å²) in [5, 5.41) is 3.38. The van der Waals surface area contributed by atoms with Gasteiger partial charge in [-0.2, -0.15) is 0 Å². The number of piperazine rings is 1. The number of ether oxygens (including phenoxy) is 1. The lowest BCUT2D eigenvalue weighted by molar-refractivity contribution is 0.0793. The molecule has 0 aromatic heterocycles. The van der Waals surface area contributed by atoms with Crippen LogP contribution < -0.4 is 15.8 Å². The minimum atomic E-state index is -0.0866. The van der Waals surface area contributed by atoms with Crippen molar-refractivity contribution in [3.8, 4) is 5.75 Å². The summed E-state index contributed by atoms with van der Waals surface area (Å²) in [4.78, 5) is 2.46. The molecule has 1 fully saturated rings. The monoisotopic (exact) mass is 263 g/mol. The summed E-state index contributed by atoms with van der Waals surface area (Å²) >= 11 is 0. The third kappa shape index (κ3) is 2.91. The third-order valence-electron chi connectivity index (χ3n) is 4.17. The molecule has 19 heavy (non-hydrogen) atoms. The minimum Gasteiger partial charge on any atom is -0.496 e. The second kappa shape index (κ2) is 5.90. The average Bonchev–Trinajstić information content (AvgIpc) is 2.47. The fourth-order valence-corrected chi connectivity index (χ4v) is 2.74. The molecule has 1 aromatic carbocycles. The smallest absolute Gasteiger partial charge is 0.123 e. The second-order valence-corrected chi connectivity index (χ2v) is 5.61. The average molecular weight is 263 g/mol. The van der Waals surface area contributed by atoms with Crippen molar-refractivity contribution in [3.63, 3.8) is 0 Å². The lowest BCUT2D eigenvalue weighted by Gasteiger charge is -2.45. The highest BCUT2D eigenvalue weighted by Crippen LogP contribution is 2.34. The van der Waals surface area contributed by atoms with Gasteiger partial charge < -0.3 is 15.8 Å². The molecule has 0 aliphatic carbocycles. The van der Waals surface area contributed by atoms with Gasteiger partial charge in [0.05, 0.1) is 13.2 Å². The molecular formula is C15H25N3O. The van der Waals surface area contributed by atoms with Gasteiger partial charge in [-0.3, -0.25) is 4.90 Å². The van der Waals surface area contributed by atoms with E-state index in [0.29, 0.717) is 0 Å². The molecule has 1 aliphatic heterocycles. The molecule has 0 bridgehead atoms. The Morgan fingerprint density at radius 3 is 2.53 bits per heavy atom. The molecule has 4 nitrogen and oxygen atoms in total. The maximum atomic E-state index is 6.54. The standard InChI is InChI=1S/C15H25N3O/c1-15(2,18-10-8-17-9-11-18)14(16)12-6-4-5-7-13(12)19-3/h4-7,14,17H,8-11,16H2,1-3H3. The fraction of sp³-hybridized carbons (Fsp3) is 0.600. The SMILES string of the molecule is COc1ccccc1C(N)C(C)(C)N1CCNCC1. The van der Waals surface area contributed by atoms with Crippen molar-refractivity contribution in [1.29, 1.82) is 0 Å². The lowest BCUT2D eigenvalue weighted by atomic mass is 9.86.